The van der Waals surface area contributed by atoms with Crippen LogP contribution in [0.3, 0.4) is 0 Å². The van der Waals surface area contributed by atoms with Crippen LogP contribution in [0.1, 0.15) is 37.7 Å². The number of benzene rings is 3. The normalized spacial score (nSPS) is 26.4. The SMILES string of the molecule is C#Cc1c(F)ccc2cc(O)cc(-c3ccc4c(N5CC6CCC(C5)O6)nc(OC[C@@]56CCCN5C[C@H](F)C6)nc4c3F)c12. The van der Waals surface area contributed by atoms with Crippen molar-refractivity contribution >= 4 is 27.5 Å². The third-order valence-corrected chi connectivity index (χ3v) is 9.83. The molecule has 8 rings (SSSR count). The molecule has 226 valence electrons. The maximum absolute atomic E-state index is 16.8. The predicted molar refractivity (Wildman–Crippen MR) is 161 cm³/mol. The first-order chi connectivity index (χ1) is 21.3. The van der Waals surface area contributed by atoms with Gasteiger partial charge in [0.25, 0.3) is 0 Å². The molecule has 4 aliphatic rings. The van der Waals surface area contributed by atoms with Crippen molar-refractivity contribution < 1.29 is 27.8 Å². The van der Waals surface area contributed by atoms with E-state index in [0.29, 0.717) is 48.0 Å². The molecule has 0 saturated carbocycles. The van der Waals surface area contributed by atoms with Crippen molar-refractivity contribution in [3.8, 4) is 35.2 Å². The summed E-state index contributed by atoms with van der Waals surface area (Å²) in [5.74, 6) is 1.54. The number of rotatable bonds is 5. The van der Waals surface area contributed by atoms with Gasteiger partial charge in [0, 0.05) is 42.4 Å². The molecule has 2 unspecified atom stereocenters. The molecule has 10 heteroatoms. The van der Waals surface area contributed by atoms with Crippen LogP contribution in [0.4, 0.5) is 19.0 Å². The van der Waals surface area contributed by atoms with E-state index in [1.165, 1.54) is 24.3 Å². The molecule has 7 nitrogen and oxygen atoms in total. The number of aromatic hydroxyl groups is 1. The summed E-state index contributed by atoms with van der Waals surface area (Å²) in [6, 6.07) is 8.94. The molecule has 0 amide bonds. The monoisotopic (exact) mass is 600 g/mol. The minimum absolute atomic E-state index is 0.0158. The van der Waals surface area contributed by atoms with Crippen LogP contribution in [0, 0.1) is 24.0 Å². The lowest BCUT2D eigenvalue weighted by molar-refractivity contribution is 0.0302. The summed E-state index contributed by atoms with van der Waals surface area (Å²) in [7, 11) is 0. The largest absolute Gasteiger partial charge is 0.508 e. The Morgan fingerprint density at radius 1 is 1.07 bits per heavy atom. The van der Waals surface area contributed by atoms with Crippen LogP contribution in [-0.4, -0.2) is 76.7 Å². The van der Waals surface area contributed by atoms with E-state index >= 15 is 4.39 Å². The van der Waals surface area contributed by atoms with Gasteiger partial charge in [0.15, 0.2) is 5.82 Å². The molecule has 5 heterocycles. The molecule has 0 aliphatic carbocycles. The number of ether oxygens (including phenoxy) is 2. The molecule has 3 aromatic carbocycles. The van der Waals surface area contributed by atoms with Crippen LogP contribution in [0.2, 0.25) is 0 Å². The summed E-state index contributed by atoms with van der Waals surface area (Å²) in [6.45, 7) is 2.62. The van der Waals surface area contributed by atoms with Gasteiger partial charge in [-0.2, -0.15) is 9.97 Å². The number of alkyl halides is 1. The third-order valence-electron chi connectivity index (χ3n) is 9.83. The summed E-state index contributed by atoms with van der Waals surface area (Å²) >= 11 is 0. The van der Waals surface area contributed by atoms with Gasteiger partial charge in [-0.3, -0.25) is 4.90 Å². The molecular weight excluding hydrogens is 569 g/mol. The second kappa shape index (κ2) is 10.2. The number of phenolic OH excluding ortho intramolecular Hbond substituents is 1. The summed E-state index contributed by atoms with van der Waals surface area (Å²) in [5, 5.41) is 11.8. The molecule has 0 radical (unpaired) electrons. The van der Waals surface area contributed by atoms with E-state index in [9.17, 15) is 13.9 Å². The average Bonchev–Trinajstić information content (AvgIpc) is 3.66. The summed E-state index contributed by atoms with van der Waals surface area (Å²) in [5.41, 5.74) is -0.0514. The van der Waals surface area contributed by atoms with E-state index in [1.807, 2.05) is 0 Å². The fourth-order valence-electron chi connectivity index (χ4n) is 7.85. The Hall–Kier alpha value is -4.07. The molecule has 1 aromatic heterocycles. The van der Waals surface area contributed by atoms with Crippen molar-refractivity contribution in [3.05, 3.63) is 53.6 Å². The lowest BCUT2D eigenvalue weighted by atomic mass is 9.93. The molecule has 4 aliphatic heterocycles. The van der Waals surface area contributed by atoms with Gasteiger partial charge < -0.3 is 19.5 Å². The molecule has 4 aromatic rings. The first-order valence-corrected chi connectivity index (χ1v) is 15.2. The zero-order valence-electron chi connectivity index (χ0n) is 24.0. The Bertz CT molecular complexity index is 1850. The topological polar surface area (TPSA) is 71.0 Å². The molecule has 2 bridgehead atoms. The third kappa shape index (κ3) is 4.36. The Kier molecular flexibility index (Phi) is 6.40. The number of fused-ring (bicyclic) bond motifs is 5. The molecule has 44 heavy (non-hydrogen) atoms. The van der Waals surface area contributed by atoms with Crippen LogP contribution < -0.4 is 9.64 Å². The standard InChI is InChI=1S/C34H31F3N4O3/c1-2-24-28(36)9-4-19-12-21(42)13-27(29(19)24)25-7-8-26-31(30(25)37)38-33(39-32(26)40-16-22-5-6-23(17-40)44-22)43-18-34-10-3-11-41(34)15-20(35)14-34/h1,4,7-9,12-13,20,22-23,42H,3,5-6,10-11,14-18H2/t20-,22?,23?,34+/m1/s1. The van der Waals surface area contributed by atoms with Crippen LogP contribution in [0.25, 0.3) is 32.8 Å². The Morgan fingerprint density at radius 2 is 1.89 bits per heavy atom. The molecule has 4 atom stereocenters. The number of morpholine rings is 1. The number of phenols is 1. The van der Waals surface area contributed by atoms with Gasteiger partial charge in [0.1, 0.15) is 35.7 Å². The second-order valence-electron chi connectivity index (χ2n) is 12.5. The lowest BCUT2D eigenvalue weighted by Crippen LogP contribution is -2.44. The maximum atomic E-state index is 16.8. The maximum Gasteiger partial charge on any atom is 0.319 e. The summed E-state index contributed by atoms with van der Waals surface area (Å²) in [6.07, 6.45) is 8.97. The highest BCUT2D eigenvalue weighted by Gasteiger charge is 2.49. The number of anilines is 1. The minimum Gasteiger partial charge on any atom is -0.508 e. The van der Waals surface area contributed by atoms with Crippen LogP contribution in [0.15, 0.2) is 36.4 Å². The van der Waals surface area contributed by atoms with Crippen molar-refractivity contribution in [1.82, 2.24) is 14.9 Å². The summed E-state index contributed by atoms with van der Waals surface area (Å²) in [4.78, 5) is 13.6. The Balaban J connectivity index is 1.28. The molecule has 1 N–H and O–H groups in total. The van der Waals surface area contributed by atoms with Crippen molar-refractivity contribution in [2.75, 3.05) is 37.7 Å². The highest BCUT2D eigenvalue weighted by atomic mass is 19.1. The quantitative estimate of drug-likeness (QED) is 0.293. The highest BCUT2D eigenvalue weighted by Crippen LogP contribution is 2.43. The fourth-order valence-corrected chi connectivity index (χ4v) is 7.85. The number of halogens is 3. The zero-order valence-corrected chi connectivity index (χ0v) is 24.0. The second-order valence-corrected chi connectivity index (χ2v) is 12.5. The number of aromatic nitrogens is 2. The van der Waals surface area contributed by atoms with Gasteiger partial charge in [-0.25, -0.2) is 13.2 Å². The van der Waals surface area contributed by atoms with Gasteiger partial charge in [0.2, 0.25) is 0 Å². The van der Waals surface area contributed by atoms with Crippen LogP contribution in [0.5, 0.6) is 11.8 Å². The Morgan fingerprint density at radius 3 is 2.68 bits per heavy atom. The predicted octanol–water partition coefficient (Wildman–Crippen LogP) is 5.74. The van der Waals surface area contributed by atoms with Crippen molar-refractivity contribution in [3.63, 3.8) is 0 Å². The number of nitrogens with zero attached hydrogens (tertiary/aromatic N) is 4. The summed E-state index contributed by atoms with van der Waals surface area (Å²) < 4.78 is 58.3. The van der Waals surface area contributed by atoms with Crippen LogP contribution >= 0.6 is 0 Å². The van der Waals surface area contributed by atoms with E-state index < -0.39 is 23.3 Å². The minimum atomic E-state index is -0.911. The van der Waals surface area contributed by atoms with Crippen LogP contribution in [-0.2, 0) is 4.74 Å². The van der Waals surface area contributed by atoms with E-state index in [0.717, 1.165) is 32.2 Å². The fraction of sp³-hybridized carbons (Fsp3) is 0.412. The Labute approximate surface area is 252 Å². The van der Waals surface area contributed by atoms with Gasteiger partial charge in [0.05, 0.1) is 23.3 Å². The highest BCUT2D eigenvalue weighted by molar-refractivity contribution is 6.04. The van der Waals surface area contributed by atoms with Gasteiger partial charge in [-0.1, -0.05) is 18.1 Å². The van der Waals surface area contributed by atoms with Crippen molar-refractivity contribution in [2.45, 2.75) is 56.0 Å². The molecule has 0 spiro atoms. The molecular formula is C34H31F3N4O3. The van der Waals surface area contributed by atoms with E-state index in [4.69, 9.17) is 20.9 Å². The first kappa shape index (κ1) is 27.5. The van der Waals surface area contributed by atoms with E-state index in [2.05, 4.69) is 20.7 Å². The first-order valence-electron chi connectivity index (χ1n) is 15.2. The van der Waals surface area contributed by atoms with Crippen molar-refractivity contribution in [2.24, 2.45) is 0 Å². The van der Waals surface area contributed by atoms with Gasteiger partial charge >= 0.3 is 6.01 Å². The van der Waals surface area contributed by atoms with Gasteiger partial charge in [-0.05, 0) is 67.4 Å². The molecule has 4 saturated heterocycles. The van der Waals surface area contributed by atoms with E-state index in [1.54, 1.807) is 12.1 Å². The van der Waals surface area contributed by atoms with Gasteiger partial charge in [-0.15, -0.1) is 6.42 Å². The smallest absolute Gasteiger partial charge is 0.319 e. The lowest BCUT2D eigenvalue weighted by Gasteiger charge is -2.34. The molecule has 4 fully saturated rings. The number of hydrogen-bond donors (Lipinski definition) is 1. The average molecular weight is 601 g/mol. The zero-order chi connectivity index (χ0) is 30.2. The number of hydrogen-bond acceptors (Lipinski definition) is 7. The van der Waals surface area contributed by atoms with Crippen molar-refractivity contribution in [1.29, 1.82) is 0 Å². The number of terminal acetylenes is 1. The van der Waals surface area contributed by atoms with E-state index in [-0.39, 0.29) is 52.8 Å².